The van der Waals surface area contributed by atoms with Gasteiger partial charge >= 0.3 is 0 Å². The van der Waals surface area contributed by atoms with Crippen LogP contribution in [-0.2, 0) is 4.79 Å². The number of hydrogen-bond donors (Lipinski definition) is 0. The summed E-state index contributed by atoms with van der Waals surface area (Å²) in [5, 5.41) is 0. The lowest BCUT2D eigenvalue weighted by molar-refractivity contribution is -0.113. The molecule has 0 aliphatic carbocycles. The molecule has 3 aromatic rings. The predicted molar refractivity (Wildman–Crippen MR) is 127 cm³/mol. The Morgan fingerprint density at radius 1 is 0.968 bits per heavy atom. The molecule has 0 N–H and O–H groups in total. The van der Waals surface area contributed by atoms with Crippen molar-refractivity contribution in [2.24, 2.45) is 4.99 Å². The van der Waals surface area contributed by atoms with Gasteiger partial charge in [0.2, 0.25) is 0 Å². The molecule has 0 unspecified atom stereocenters. The van der Waals surface area contributed by atoms with Gasteiger partial charge in [-0.1, -0.05) is 36.4 Å². The normalized spacial score (nSPS) is 14.7. The Labute approximate surface area is 189 Å². The third-order valence-electron chi connectivity index (χ3n) is 4.96. The Bertz CT molecular complexity index is 1220. The monoisotopic (exact) mass is 476 g/mol. The van der Waals surface area contributed by atoms with Crippen molar-refractivity contribution in [3.63, 3.8) is 0 Å². The van der Waals surface area contributed by atoms with Gasteiger partial charge in [-0.05, 0) is 64.8 Å². The summed E-state index contributed by atoms with van der Waals surface area (Å²) in [6.45, 7) is 2.00. The molecule has 0 bridgehead atoms. The first-order valence-corrected chi connectivity index (χ1v) is 10.5. The van der Waals surface area contributed by atoms with E-state index in [0.29, 0.717) is 23.0 Å². The zero-order valence-electron chi connectivity index (χ0n) is 17.4. The zero-order chi connectivity index (χ0) is 22.0. The van der Waals surface area contributed by atoms with Crippen molar-refractivity contribution < 1.29 is 14.3 Å². The largest absolute Gasteiger partial charge is 0.497 e. The van der Waals surface area contributed by atoms with Crippen molar-refractivity contribution in [1.29, 1.82) is 0 Å². The number of amidine groups is 1. The maximum atomic E-state index is 13.5. The number of para-hydroxylation sites is 1. The van der Waals surface area contributed by atoms with Crippen molar-refractivity contribution in [3.8, 4) is 11.5 Å². The van der Waals surface area contributed by atoms with E-state index in [9.17, 15) is 4.79 Å². The molecule has 1 heterocycles. The number of methoxy groups -OCH3 is 2. The SMILES string of the molecule is COc1cccc(C2=N/C(=C\c3ccccc3OC)C(=O)N2c2ccc(C)cc2Br)c1. The molecule has 0 fully saturated rings. The van der Waals surface area contributed by atoms with E-state index in [1.807, 2.05) is 73.7 Å². The van der Waals surface area contributed by atoms with Crippen LogP contribution in [0.15, 0.2) is 81.9 Å². The van der Waals surface area contributed by atoms with Crippen LogP contribution in [0.1, 0.15) is 16.7 Å². The van der Waals surface area contributed by atoms with E-state index in [0.717, 1.165) is 26.9 Å². The summed E-state index contributed by atoms with van der Waals surface area (Å²) in [4.78, 5) is 19.9. The first kappa shape index (κ1) is 20.9. The number of aliphatic imine (C=N–C) groups is 1. The number of hydrogen-bond acceptors (Lipinski definition) is 4. The van der Waals surface area contributed by atoms with Gasteiger partial charge in [-0.2, -0.15) is 0 Å². The molecule has 0 spiro atoms. The number of nitrogens with zero attached hydrogens (tertiary/aromatic N) is 2. The zero-order valence-corrected chi connectivity index (χ0v) is 19.0. The molecule has 1 aliphatic rings. The van der Waals surface area contributed by atoms with Gasteiger partial charge in [0.1, 0.15) is 23.0 Å². The van der Waals surface area contributed by atoms with Gasteiger partial charge in [0, 0.05) is 15.6 Å². The van der Waals surface area contributed by atoms with E-state index < -0.39 is 0 Å². The lowest BCUT2D eigenvalue weighted by Gasteiger charge is -2.20. The second-order valence-corrected chi connectivity index (χ2v) is 7.89. The molecule has 0 aromatic heterocycles. The van der Waals surface area contributed by atoms with E-state index in [1.165, 1.54) is 0 Å². The summed E-state index contributed by atoms with van der Waals surface area (Å²) in [7, 11) is 3.22. The molecule has 5 nitrogen and oxygen atoms in total. The first-order chi connectivity index (χ1) is 15.0. The summed E-state index contributed by atoms with van der Waals surface area (Å²) in [5.74, 6) is 1.69. The average molecular weight is 477 g/mol. The summed E-state index contributed by atoms with van der Waals surface area (Å²) in [6, 6.07) is 20.9. The van der Waals surface area contributed by atoms with Crippen LogP contribution in [0.3, 0.4) is 0 Å². The highest BCUT2D eigenvalue weighted by Crippen LogP contribution is 2.35. The molecule has 0 saturated carbocycles. The van der Waals surface area contributed by atoms with Gasteiger partial charge in [0.05, 0.1) is 19.9 Å². The highest BCUT2D eigenvalue weighted by molar-refractivity contribution is 9.10. The fourth-order valence-electron chi connectivity index (χ4n) is 3.42. The van der Waals surface area contributed by atoms with E-state index >= 15 is 0 Å². The van der Waals surface area contributed by atoms with Gasteiger partial charge < -0.3 is 9.47 Å². The highest BCUT2D eigenvalue weighted by atomic mass is 79.9. The third-order valence-corrected chi connectivity index (χ3v) is 5.60. The topological polar surface area (TPSA) is 51.1 Å². The predicted octanol–water partition coefficient (Wildman–Crippen LogP) is 5.61. The average Bonchev–Trinajstić information content (AvgIpc) is 3.10. The summed E-state index contributed by atoms with van der Waals surface area (Å²) < 4.78 is 11.6. The molecule has 1 aliphatic heterocycles. The molecule has 31 heavy (non-hydrogen) atoms. The van der Waals surface area contributed by atoms with Gasteiger partial charge in [-0.25, -0.2) is 4.99 Å². The van der Waals surface area contributed by atoms with Crippen LogP contribution in [0, 0.1) is 6.92 Å². The van der Waals surface area contributed by atoms with E-state index in [4.69, 9.17) is 14.5 Å². The molecule has 6 heteroatoms. The summed E-state index contributed by atoms with van der Waals surface area (Å²) in [6.07, 6.45) is 1.75. The molecule has 4 rings (SSSR count). The number of halogens is 1. The van der Waals surface area contributed by atoms with Gasteiger partial charge in [-0.3, -0.25) is 9.69 Å². The third kappa shape index (κ3) is 4.11. The van der Waals surface area contributed by atoms with Crippen molar-refractivity contribution in [2.45, 2.75) is 6.92 Å². The van der Waals surface area contributed by atoms with Crippen LogP contribution in [0.25, 0.3) is 6.08 Å². The quantitative estimate of drug-likeness (QED) is 0.449. The number of benzene rings is 3. The summed E-state index contributed by atoms with van der Waals surface area (Å²) >= 11 is 3.61. The van der Waals surface area contributed by atoms with E-state index in [-0.39, 0.29) is 5.91 Å². The lowest BCUT2D eigenvalue weighted by atomic mass is 10.1. The Kier molecular flexibility index (Phi) is 5.91. The van der Waals surface area contributed by atoms with Gasteiger partial charge in [0.25, 0.3) is 5.91 Å². The van der Waals surface area contributed by atoms with E-state index in [1.54, 1.807) is 25.2 Å². The second-order valence-electron chi connectivity index (χ2n) is 7.03. The Hall–Kier alpha value is -3.38. The van der Waals surface area contributed by atoms with Crippen LogP contribution in [0.2, 0.25) is 0 Å². The molecule has 156 valence electrons. The molecule has 0 atom stereocenters. The van der Waals surface area contributed by atoms with Crippen molar-refractivity contribution >= 4 is 39.4 Å². The highest BCUT2D eigenvalue weighted by Gasteiger charge is 2.34. The minimum absolute atomic E-state index is 0.215. The Balaban J connectivity index is 1.88. The number of carbonyl (C=O) groups is 1. The number of ether oxygens (including phenoxy) is 2. The fraction of sp³-hybridized carbons (Fsp3) is 0.120. The molecule has 1 amide bonds. The minimum Gasteiger partial charge on any atom is -0.497 e. The number of anilines is 1. The standard InChI is InChI=1S/C25H21BrN2O3/c1-16-11-12-22(20(26)13-16)28-24(18-8-6-9-19(14-18)30-2)27-21(25(28)29)15-17-7-4-5-10-23(17)31-3/h4-15H,1-3H3/b21-15-. The van der Waals surface area contributed by atoms with Crippen molar-refractivity contribution in [2.75, 3.05) is 19.1 Å². The Morgan fingerprint density at radius 3 is 2.52 bits per heavy atom. The van der Waals surface area contributed by atoms with Crippen LogP contribution < -0.4 is 14.4 Å². The maximum absolute atomic E-state index is 13.5. The molecular weight excluding hydrogens is 456 g/mol. The van der Waals surface area contributed by atoms with Crippen LogP contribution >= 0.6 is 15.9 Å². The molecule has 3 aromatic carbocycles. The minimum atomic E-state index is -0.215. The number of aryl methyl sites for hydroxylation is 1. The fourth-order valence-corrected chi connectivity index (χ4v) is 4.09. The summed E-state index contributed by atoms with van der Waals surface area (Å²) in [5.41, 5.74) is 3.71. The van der Waals surface area contributed by atoms with Gasteiger partial charge in [-0.15, -0.1) is 0 Å². The van der Waals surface area contributed by atoms with Crippen LogP contribution in [0.4, 0.5) is 5.69 Å². The lowest BCUT2D eigenvalue weighted by Crippen LogP contribution is -2.33. The molecule has 0 saturated heterocycles. The first-order valence-electron chi connectivity index (χ1n) is 9.70. The van der Waals surface area contributed by atoms with Crippen LogP contribution in [0.5, 0.6) is 11.5 Å². The maximum Gasteiger partial charge on any atom is 0.282 e. The van der Waals surface area contributed by atoms with E-state index in [2.05, 4.69) is 15.9 Å². The van der Waals surface area contributed by atoms with Crippen molar-refractivity contribution in [3.05, 3.63) is 93.6 Å². The van der Waals surface area contributed by atoms with Crippen LogP contribution in [-0.4, -0.2) is 26.0 Å². The molecular formula is C25H21BrN2O3. The smallest absolute Gasteiger partial charge is 0.282 e. The number of rotatable bonds is 5. The number of amides is 1. The Morgan fingerprint density at radius 2 is 1.77 bits per heavy atom. The molecule has 0 radical (unpaired) electrons. The second kappa shape index (κ2) is 8.78. The van der Waals surface area contributed by atoms with Gasteiger partial charge in [0.15, 0.2) is 0 Å². The number of carbonyl (C=O) groups excluding carboxylic acids is 1. The van der Waals surface area contributed by atoms with Crippen molar-refractivity contribution in [1.82, 2.24) is 0 Å².